The lowest BCUT2D eigenvalue weighted by molar-refractivity contribution is 0.0680. The van der Waals surface area contributed by atoms with Crippen molar-refractivity contribution < 1.29 is 4.79 Å². The zero-order valence-corrected chi connectivity index (χ0v) is 13.6. The quantitative estimate of drug-likeness (QED) is 0.784. The van der Waals surface area contributed by atoms with Gasteiger partial charge in [0, 0.05) is 30.1 Å². The zero-order chi connectivity index (χ0) is 16.7. The predicted molar refractivity (Wildman–Crippen MR) is 88.2 cm³/mol. The second-order valence-electron chi connectivity index (χ2n) is 6.09. The Labute approximate surface area is 139 Å². The van der Waals surface area contributed by atoms with Crippen LogP contribution in [0.1, 0.15) is 35.0 Å². The molecule has 122 valence electrons. The molecule has 0 fully saturated rings. The zero-order valence-electron chi connectivity index (χ0n) is 13.6. The summed E-state index contributed by atoms with van der Waals surface area (Å²) in [6.45, 7) is 5.15. The molecule has 0 bridgehead atoms. The van der Waals surface area contributed by atoms with E-state index in [0.717, 1.165) is 23.0 Å². The van der Waals surface area contributed by atoms with Crippen molar-refractivity contribution in [2.75, 3.05) is 6.54 Å². The monoisotopic (exact) mass is 322 g/mol. The number of carbonyl (C=O) groups excluding carboxylic acids is 1. The Kier molecular flexibility index (Phi) is 3.41. The molecule has 1 atom stereocenters. The molecule has 3 aromatic rings. The van der Waals surface area contributed by atoms with Crippen LogP contribution in [0.2, 0.25) is 0 Å². The number of aromatic amines is 1. The molecular formula is C17H18N6O. The SMILES string of the molecule is Cc1nnc2n1C(C)CN(C(=O)c1cccc(-c3ncc[nH]3)c1)C2. The third-order valence-electron chi connectivity index (χ3n) is 4.36. The number of nitrogens with zero attached hydrogens (tertiary/aromatic N) is 5. The minimum atomic E-state index is 0.00200. The molecule has 4 rings (SSSR count). The number of nitrogens with one attached hydrogen (secondary N) is 1. The Balaban J connectivity index is 1.62. The number of hydrogen-bond donors (Lipinski definition) is 1. The number of rotatable bonds is 2. The second kappa shape index (κ2) is 5.59. The van der Waals surface area contributed by atoms with Gasteiger partial charge in [0.2, 0.25) is 0 Å². The number of amides is 1. The van der Waals surface area contributed by atoms with Crippen LogP contribution >= 0.6 is 0 Å². The number of aromatic nitrogens is 5. The number of imidazole rings is 1. The molecule has 1 N–H and O–H groups in total. The molecule has 1 aliphatic heterocycles. The van der Waals surface area contributed by atoms with Crippen molar-refractivity contribution in [3.8, 4) is 11.4 Å². The first-order chi connectivity index (χ1) is 11.6. The van der Waals surface area contributed by atoms with Gasteiger partial charge in [-0.2, -0.15) is 0 Å². The molecule has 0 radical (unpaired) electrons. The van der Waals surface area contributed by atoms with Crippen LogP contribution in [0.15, 0.2) is 36.7 Å². The van der Waals surface area contributed by atoms with Gasteiger partial charge in [-0.15, -0.1) is 10.2 Å². The predicted octanol–water partition coefficient (Wildman–Crippen LogP) is 2.19. The van der Waals surface area contributed by atoms with Crippen molar-refractivity contribution in [3.63, 3.8) is 0 Å². The van der Waals surface area contributed by atoms with E-state index in [1.54, 1.807) is 12.4 Å². The Morgan fingerprint density at radius 3 is 3.00 bits per heavy atom. The summed E-state index contributed by atoms with van der Waals surface area (Å²) in [7, 11) is 0. The van der Waals surface area contributed by atoms with E-state index in [0.29, 0.717) is 18.7 Å². The van der Waals surface area contributed by atoms with E-state index in [9.17, 15) is 4.79 Å². The number of fused-ring (bicyclic) bond motifs is 1. The largest absolute Gasteiger partial charge is 0.345 e. The fourth-order valence-electron chi connectivity index (χ4n) is 3.29. The molecule has 1 amide bonds. The minimum Gasteiger partial charge on any atom is -0.345 e. The van der Waals surface area contributed by atoms with Crippen LogP contribution in [0.4, 0.5) is 0 Å². The number of benzene rings is 1. The molecule has 0 saturated heterocycles. The van der Waals surface area contributed by atoms with Gasteiger partial charge >= 0.3 is 0 Å². The van der Waals surface area contributed by atoms with Crippen molar-refractivity contribution in [1.82, 2.24) is 29.6 Å². The summed E-state index contributed by atoms with van der Waals surface area (Å²) in [5.41, 5.74) is 1.55. The first-order valence-corrected chi connectivity index (χ1v) is 7.93. The summed E-state index contributed by atoms with van der Waals surface area (Å²) in [6, 6.07) is 7.70. The van der Waals surface area contributed by atoms with Crippen molar-refractivity contribution in [3.05, 3.63) is 53.9 Å². The molecule has 3 heterocycles. The first-order valence-electron chi connectivity index (χ1n) is 7.93. The molecule has 24 heavy (non-hydrogen) atoms. The minimum absolute atomic E-state index is 0.00200. The van der Waals surface area contributed by atoms with Crippen molar-refractivity contribution in [1.29, 1.82) is 0 Å². The second-order valence-corrected chi connectivity index (χ2v) is 6.09. The molecule has 1 unspecified atom stereocenters. The molecule has 1 aromatic carbocycles. The molecule has 0 spiro atoms. The first kappa shape index (κ1) is 14.6. The lowest BCUT2D eigenvalue weighted by atomic mass is 10.1. The van der Waals surface area contributed by atoms with Gasteiger partial charge in [0.1, 0.15) is 11.6 Å². The number of hydrogen-bond acceptors (Lipinski definition) is 4. The molecule has 1 aliphatic rings. The van der Waals surface area contributed by atoms with Crippen LogP contribution in [0.3, 0.4) is 0 Å². The highest BCUT2D eigenvalue weighted by atomic mass is 16.2. The fourth-order valence-corrected chi connectivity index (χ4v) is 3.29. The van der Waals surface area contributed by atoms with Crippen LogP contribution < -0.4 is 0 Å². The molecule has 7 nitrogen and oxygen atoms in total. The molecule has 0 saturated carbocycles. The number of H-pyrrole nitrogens is 1. The standard InChI is InChI=1S/C17H18N6O/c1-11-9-22(10-15-21-20-12(2)23(11)15)17(24)14-5-3-4-13(8-14)16-18-6-7-19-16/h3-8,11H,9-10H2,1-2H3,(H,18,19). The van der Waals surface area contributed by atoms with Crippen molar-refractivity contribution >= 4 is 5.91 Å². The molecular weight excluding hydrogens is 304 g/mol. The average molecular weight is 322 g/mol. The van der Waals surface area contributed by atoms with E-state index in [4.69, 9.17) is 0 Å². The number of aryl methyl sites for hydroxylation is 1. The Bertz CT molecular complexity index is 882. The summed E-state index contributed by atoms with van der Waals surface area (Å²) < 4.78 is 2.10. The van der Waals surface area contributed by atoms with Crippen LogP contribution in [0.5, 0.6) is 0 Å². The average Bonchev–Trinajstić information content (AvgIpc) is 3.24. The van der Waals surface area contributed by atoms with E-state index in [1.807, 2.05) is 36.1 Å². The van der Waals surface area contributed by atoms with Gasteiger partial charge in [-0.3, -0.25) is 4.79 Å². The highest BCUT2D eigenvalue weighted by molar-refractivity contribution is 5.95. The van der Waals surface area contributed by atoms with Gasteiger partial charge in [0.05, 0.1) is 12.6 Å². The van der Waals surface area contributed by atoms with E-state index in [-0.39, 0.29) is 11.9 Å². The third-order valence-corrected chi connectivity index (χ3v) is 4.36. The third kappa shape index (κ3) is 2.38. The van der Waals surface area contributed by atoms with Gasteiger partial charge in [0.15, 0.2) is 5.82 Å². The molecule has 7 heteroatoms. The van der Waals surface area contributed by atoms with Gasteiger partial charge < -0.3 is 14.5 Å². The van der Waals surface area contributed by atoms with Crippen LogP contribution in [0.25, 0.3) is 11.4 Å². The normalized spacial score (nSPS) is 16.9. The maximum Gasteiger partial charge on any atom is 0.254 e. The highest BCUT2D eigenvalue weighted by Gasteiger charge is 2.28. The maximum atomic E-state index is 12.9. The van der Waals surface area contributed by atoms with E-state index >= 15 is 0 Å². The Morgan fingerprint density at radius 2 is 2.21 bits per heavy atom. The van der Waals surface area contributed by atoms with E-state index in [2.05, 4.69) is 31.7 Å². The Hall–Kier alpha value is -2.96. The summed E-state index contributed by atoms with van der Waals surface area (Å²) in [5, 5.41) is 8.32. The van der Waals surface area contributed by atoms with Crippen LogP contribution in [0, 0.1) is 6.92 Å². The van der Waals surface area contributed by atoms with E-state index in [1.165, 1.54) is 0 Å². The highest BCUT2D eigenvalue weighted by Crippen LogP contribution is 2.24. The van der Waals surface area contributed by atoms with Gasteiger partial charge in [-0.05, 0) is 26.0 Å². The topological polar surface area (TPSA) is 79.7 Å². The maximum absolute atomic E-state index is 12.9. The smallest absolute Gasteiger partial charge is 0.254 e. The summed E-state index contributed by atoms with van der Waals surface area (Å²) >= 11 is 0. The van der Waals surface area contributed by atoms with Crippen molar-refractivity contribution in [2.45, 2.75) is 26.4 Å². The van der Waals surface area contributed by atoms with E-state index < -0.39 is 0 Å². The molecule has 2 aromatic heterocycles. The summed E-state index contributed by atoms with van der Waals surface area (Å²) in [5.74, 6) is 2.49. The fraction of sp³-hybridized carbons (Fsp3) is 0.294. The van der Waals surface area contributed by atoms with Gasteiger partial charge in [-0.25, -0.2) is 4.98 Å². The van der Waals surface area contributed by atoms with Crippen molar-refractivity contribution in [2.24, 2.45) is 0 Å². The Morgan fingerprint density at radius 1 is 1.33 bits per heavy atom. The van der Waals surface area contributed by atoms with Crippen LogP contribution in [-0.2, 0) is 6.54 Å². The lowest BCUT2D eigenvalue weighted by Gasteiger charge is -2.32. The van der Waals surface area contributed by atoms with Gasteiger partial charge in [-0.1, -0.05) is 12.1 Å². The van der Waals surface area contributed by atoms with Crippen LogP contribution in [-0.4, -0.2) is 42.1 Å². The summed E-state index contributed by atoms with van der Waals surface area (Å²) in [4.78, 5) is 22.1. The lowest BCUT2D eigenvalue weighted by Crippen LogP contribution is -2.40. The molecule has 0 aliphatic carbocycles. The number of carbonyl (C=O) groups is 1. The summed E-state index contributed by atoms with van der Waals surface area (Å²) in [6.07, 6.45) is 3.47. The van der Waals surface area contributed by atoms with Gasteiger partial charge in [0.25, 0.3) is 5.91 Å².